The molecule has 3 aromatic carbocycles. The van der Waals surface area contributed by atoms with Gasteiger partial charge in [0.25, 0.3) is 0 Å². The van der Waals surface area contributed by atoms with Crippen molar-refractivity contribution in [3.63, 3.8) is 0 Å². The van der Waals surface area contributed by atoms with Gasteiger partial charge in [0, 0.05) is 11.1 Å². The normalized spacial score (nSPS) is 15.1. The summed E-state index contributed by atoms with van der Waals surface area (Å²) < 4.78 is 11.1. The minimum Gasteiger partial charge on any atom is -0.454 e. The molecule has 3 aromatic rings. The van der Waals surface area contributed by atoms with E-state index in [4.69, 9.17) is 14.6 Å². The zero-order valence-electron chi connectivity index (χ0n) is 15.2. The molecule has 0 bridgehead atoms. The maximum atomic E-state index is 13.0. The largest absolute Gasteiger partial charge is 0.454 e. The summed E-state index contributed by atoms with van der Waals surface area (Å²) in [5.41, 5.74) is 4.55. The molecule has 2 aliphatic rings. The maximum absolute atomic E-state index is 13.0. The molecule has 0 spiro atoms. The lowest BCUT2D eigenvalue weighted by Gasteiger charge is -2.17. The van der Waals surface area contributed by atoms with Gasteiger partial charge in [0.2, 0.25) is 12.7 Å². The van der Waals surface area contributed by atoms with Crippen LogP contribution in [0.1, 0.15) is 22.3 Å². The Hall–Kier alpha value is -3.60. The molecule has 5 heteroatoms. The summed E-state index contributed by atoms with van der Waals surface area (Å²) in [5.74, 6) is 1.32. The van der Waals surface area contributed by atoms with Crippen LogP contribution in [0.5, 0.6) is 11.5 Å². The van der Waals surface area contributed by atoms with Crippen LogP contribution >= 0.6 is 0 Å². The smallest absolute Gasteiger partial charge is 0.247 e. The van der Waals surface area contributed by atoms with E-state index in [1.54, 1.807) is 5.01 Å². The van der Waals surface area contributed by atoms with E-state index in [9.17, 15) is 4.79 Å². The van der Waals surface area contributed by atoms with Crippen molar-refractivity contribution in [3.05, 3.63) is 95.1 Å². The molecule has 0 radical (unpaired) electrons. The number of carbonyl (C=O) groups is 1. The van der Waals surface area contributed by atoms with Gasteiger partial charge in [-0.15, -0.1) is 0 Å². The summed E-state index contributed by atoms with van der Waals surface area (Å²) in [6, 6.07) is 23.6. The molecule has 0 saturated carbocycles. The van der Waals surface area contributed by atoms with Crippen LogP contribution < -0.4 is 9.47 Å². The fourth-order valence-electron chi connectivity index (χ4n) is 3.52. The molecule has 2 aliphatic heterocycles. The van der Waals surface area contributed by atoms with Crippen molar-refractivity contribution in [3.8, 4) is 11.5 Å². The fourth-order valence-corrected chi connectivity index (χ4v) is 3.52. The molecular formula is C23H18N2O3. The highest BCUT2D eigenvalue weighted by Crippen LogP contribution is 2.37. The number of hydrogen-bond acceptors (Lipinski definition) is 4. The van der Waals surface area contributed by atoms with Crippen molar-refractivity contribution in [2.24, 2.45) is 5.10 Å². The zero-order valence-corrected chi connectivity index (χ0v) is 15.2. The fraction of sp³-hybridized carbons (Fsp3) is 0.130. The first kappa shape index (κ1) is 16.6. The molecule has 0 fully saturated rings. The number of ether oxygens (including phenoxy) is 2. The Labute approximate surface area is 162 Å². The van der Waals surface area contributed by atoms with Crippen LogP contribution in [0.25, 0.3) is 0 Å². The highest BCUT2D eigenvalue weighted by Gasteiger charge is 2.27. The van der Waals surface area contributed by atoms with E-state index in [-0.39, 0.29) is 19.1 Å². The topological polar surface area (TPSA) is 51.1 Å². The predicted octanol–water partition coefficient (Wildman–Crippen LogP) is 3.75. The standard InChI is InChI=1S/C23H18N2O3/c26-22-12-18-11-20-21(28-15-27-20)13-19(18)23(17-9-5-2-6-10-17)24-25(22)14-16-7-3-1-4-8-16/h1-11,13H,12,14-15H2. The van der Waals surface area contributed by atoms with Crippen molar-refractivity contribution >= 4 is 11.6 Å². The molecule has 0 N–H and O–H groups in total. The second-order valence-corrected chi connectivity index (χ2v) is 6.79. The lowest BCUT2D eigenvalue weighted by atomic mass is 9.95. The van der Waals surface area contributed by atoms with Crippen molar-refractivity contribution in [2.75, 3.05) is 6.79 Å². The van der Waals surface area contributed by atoms with Crippen LogP contribution in [0.3, 0.4) is 0 Å². The summed E-state index contributed by atoms with van der Waals surface area (Å²) in [6.45, 7) is 0.626. The molecule has 0 aromatic heterocycles. The second kappa shape index (κ2) is 6.85. The van der Waals surface area contributed by atoms with Gasteiger partial charge in [0.1, 0.15) is 0 Å². The van der Waals surface area contributed by atoms with Gasteiger partial charge in [0.15, 0.2) is 11.5 Å². The van der Waals surface area contributed by atoms with Gasteiger partial charge < -0.3 is 9.47 Å². The maximum Gasteiger partial charge on any atom is 0.247 e. The second-order valence-electron chi connectivity index (χ2n) is 6.79. The molecule has 28 heavy (non-hydrogen) atoms. The predicted molar refractivity (Wildman–Crippen MR) is 105 cm³/mol. The Morgan fingerprint density at radius 2 is 1.57 bits per heavy atom. The van der Waals surface area contributed by atoms with Crippen LogP contribution in [0.15, 0.2) is 77.9 Å². The first-order valence-corrected chi connectivity index (χ1v) is 9.19. The number of hydrazone groups is 1. The highest BCUT2D eigenvalue weighted by atomic mass is 16.7. The Balaban J connectivity index is 1.64. The van der Waals surface area contributed by atoms with Crippen LogP contribution in [0.4, 0.5) is 0 Å². The Morgan fingerprint density at radius 1 is 0.893 bits per heavy atom. The van der Waals surface area contributed by atoms with E-state index in [1.165, 1.54) is 0 Å². The number of nitrogens with zero attached hydrogens (tertiary/aromatic N) is 2. The Bertz CT molecular complexity index is 1060. The third-order valence-corrected chi connectivity index (χ3v) is 4.93. The van der Waals surface area contributed by atoms with Crippen molar-refractivity contribution in [1.82, 2.24) is 5.01 Å². The lowest BCUT2D eigenvalue weighted by Crippen LogP contribution is -2.26. The van der Waals surface area contributed by atoms with Crippen molar-refractivity contribution in [2.45, 2.75) is 13.0 Å². The van der Waals surface area contributed by atoms with Gasteiger partial charge in [-0.25, -0.2) is 5.01 Å². The van der Waals surface area contributed by atoms with E-state index in [2.05, 4.69) is 0 Å². The van der Waals surface area contributed by atoms with E-state index in [1.807, 2.05) is 72.8 Å². The minimum absolute atomic E-state index is 0.0464. The molecule has 0 aliphatic carbocycles. The first-order valence-electron chi connectivity index (χ1n) is 9.19. The van der Waals surface area contributed by atoms with Crippen molar-refractivity contribution < 1.29 is 14.3 Å². The van der Waals surface area contributed by atoms with Gasteiger partial charge in [-0.2, -0.15) is 5.10 Å². The quantitative estimate of drug-likeness (QED) is 0.706. The summed E-state index contributed by atoms with van der Waals surface area (Å²) in [5, 5.41) is 6.35. The van der Waals surface area contributed by atoms with Crippen LogP contribution in [-0.2, 0) is 17.8 Å². The number of hydrogen-bond donors (Lipinski definition) is 0. The minimum atomic E-state index is -0.0464. The molecule has 2 heterocycles. The molecule has 0 atom stereocenters. The molecular weight excluding hydrogens is 352 g/mol. The number of benzene rings is 3. The van der Waals surface area contributed by atoms with E-state index >= 15 is 0 Å². The highest BCUT2D eigenvalue weighted by molar-refractivity contribution is 6.15. The van der Waals surface area contributed by atoms with E-state index < -0.39 is 0 Å². The number of rotatable bonds is 3. The van der Waals surface area contributed by atoms with Crippen molar-refractivity contribution in [1.29, 1.82) is 0 Å². The van der Waals surface area contributed by atoms with Gasteiger partial charge in [-0.1, -0.05) is 60.7 Å². The number of carbonyl (C=O) groups excluding carboxylic acids is 1. The molecule has 5 nitrogen and oxygen atoms in total. The number of fused-ring (bicyclic) bond motifs is 2. The van der Waals surface area contributed by atoms with Gasteiger partial charge in [0.05, 0.1) is 18.7 Å². The molecule has 5 rings (SSSR count). The van der Waals surface area contributed by atoms with E-state index in [0.29, 0.717) is 18.0 Å². The summed E-state index contributed by atoms with van der Waals surface area (Å²) in [6.07, 6.45) is 0.263. The monoisotopic (exact) mass is 370 g/mol. The summed E-state index contributed by atoms with van der Waals surface area (Å²) in [7, 11) is 0. The SMILES string of the molecule is O=C1Cc2cc3c(cc2C(c2ccccc2)=NN1Cc1ccccc1)OCO3. The van der Waals surface area contributed by atoms with Crippen LogP contribution in [0, 0.1) is 0 Å². The van der Waals surface area contributed by atoms with Gasteiger partial charge in [-0.3, -0.25) is 4.79 Å². The van der Waals surface area contributed by atoms with Gasteiger partial charge >= 0.3 is 0 Å². The molecule has 1 amide bonds. The number of amides is 1. The average molecular weight is 370 g/mol. The first-order chi connectivity index (χ1) is 13.8. The molecule has 0 saturated heterocycles. The third-order valence-electron chi connectivity index (χ3n) is 4.93. The van der Waals surface area contributed by atoms with Gasteiger partial charge in [-0.05, 0) is 23.3 Å². The lowest BCUT2D eigenvalue weighted by molar-refractivity contribution is -0.131. The summed E-state index contributed by atoms with van der Waals surface area (Å²) in [4.78, 5) is 13.0. The van der Waals surface area contributed by atoms with E-state index in [0.717, 1.165) is 28.0 Å². The Kier molecular flexibility index (Phi) is 4.05. The average Bonchev–Trinajstić information content (AvgIpc) is 3.14. The summed E-state index contributed by atoms with van der Waals surface area (Å²) >= 11 is 0. The third kappa shape index (κ3) is 3.01. The van der Waals surface area contributed by atoms with Crippen LogP contribution in [0.2, 0.25) is 0 Å². The zero-order chi connectivity index (χ0) is 18.9. The molecule has 0 unspecified atom stereocenters. The van der Waals surface area contributed by atoms with Crippen LogP contribution in [-0.4, -0.2) is 23.4 Å². The molecule has 138 valence electrons. The Morgan fingerprint density at radius 3 is 2.32 bits per heavy atom.